The van der Waals surface area contributed by atoms with Gasteiger partial charge in [-0.3, -0.25) is 14.9 Å². The quantitative estimate of drug-likeness (QED) is 0.665. The van der Waals surface area contributed by atoms with E-state index in [1.165, 1.54) is 12.1 Å². The molecule has 1 amide bonds. The smallest absolute Gasteiger partial charge is 0.242 e. The van der Waals surface area contributed by atoms with Crippen molar-refractivity contribution >= 4 is 24.1 Å². The van der Waals surface area contributed by atoms with Crippen LogP contribution in [0.3, 0.4) is 0 Å². The largest absolute Gasteiger partial charge is 0.320 e. The van der Waals surface area contributed by atoms with Crippen LogP contribution in [0.15, 0.2) is 48.8 Å². The molecule has 4 N–H and O–H groups in total. The number of H-pyrrole nitrogens is 1. The average molecular weight is 362 g/mol. The van der Waals surface area contributed by atoms with E-state index < -0.39 is 6.04 Å². The molecule has 0 saturated heterocycles. The number of pyridine rings is 1. The molecule has 0 aliphatic carbocycles. The SMILES string of the molecule is CC(N)C(=O)Nc1n[nH]c(-c2ccc(F)cc2)c1-c1ccncc1.Cl. The number of hydrogen-bond donors (Lipinski definition) is 3. The lowest BCUT2D eigenvalue weighted by molar-refractivity contribution is -0.117. The van der Waals surface area contributed by atoms with Crippen LogP contribution < -0.4 is 11.1 Å². The van der Waals surface area contributed by atoms with Gasteiger partial charge in [-0.15, -0.1) is 12.4 Å². The number of hydrogen-bond acceptors (Lipinski definition) is 4. The molecule has 3 rings (SSSR count). The minimum atomic E-state index is -0.665. The van der Waals surface area contributed by atoms with Crippen molar-refractivity contribution in [1.82, 2.24) is 15.2 Å². The van der Waals surface area contributed by atoms with Crippen LogP contribution in [0.4, 0.5) is 10.2 Å². The van der Waals surface area contributed by atoms with Crippen LogP contribution in [0, 0.1) is 5.82 Å². The average Bonchev–Trinajstić information content (AvgIpc) is 2.99. The van der Waals surface area contributed by atoms with Gasteiger partial charge < -0.3 is 11.1 Å². The van der Waals surface area contributed by atoms with Crippen molar-refractivity contribution in [1.29, 1.82) is 0 Å². The predicted octanol–water partition coefficient (Wildman–Crippen LogP) is 2.99. The summed E-state index contributed by atoms with van der Waals surface area (Å²) < 4.78 is 13.2. The molecule has 3 aromatic rings. The molecule has 2 aromatic heterocycles. The first kappa shape index (κ1) is 18.6. The lowest BCUT2D eigenvalue weighted by Gasteiger charge is -2.09. The van der Waals surface area contributed by atoms with E-state index in [-0.39, 0.29) is 24.1 Å². The fourth-order valence-corrected chi connectivity index (χ4v) is 2.29. The Morgan fingerprint density at radius 3 is 2.40 bits per heavy atom. The monoisotopic (exact) mass is 361 g/mol. The highest BCUT2D eigenvalue weighted by Crippen LogP contribution is 2.35. The van der Waals surface area contributed by atoms with Crippen LogP contribution in [0.5, 0.6) is 0 Å². The van der Waals surface area contributed by atoms with Gasteiger partial charge in [-0.05, 0) is 48.9 Å². The Bertz CT molecular complexity index is 849. The molecule has 1 atom stereocenters. The summed E-state index contributed by atoms with van der Waals surface area (Å²) >= 11 is 0. The molecule has 0 aliphatic rings. The lowest BCUT2D eigenvalue weighted by atomic mass is 10.0. The van der Waals surface area contributed by atoms with Gasteiger partial charge in [0.1, 0.15) is 5.82 Å². The molecule has 25 heavy (non-hydrogen) atoms. The molecule has 0 spiro atoms. The summed E-state index contributed by atoms with van der Waals surface area (Å²) in [5.74, 6) is -0.306. The van der Waals surface area contributed by atoms with E-state index in [1.807, 2.05) is 0 Å². The summed E-state index contributed by atoms with van der Waals surface area (Å²) in [6.45, 7) is 1.59. The zero-order valence-electron chi connectivity index (χ0n) is 13.4. The number of carbonyl (C=O) groups excluding carboxylic acids is 1. The maximum absolute atomic E-state index is 13.2. The highest BCUT2D eigenvalue weighted by atomic mass is 35.5. The third-order valence-corrected chi connectivity index (χ3v) is 3.52. The Hall–Kier alpha value is -2.77. The van der Waals surface area contributed by atoms with Crippen LogP contribution in [0.1, 0.15) is 6.92 Å². The van der Waals surface area contributed by atoms with Gasteiger partial charge in [0.15, 0.2) is 5.82 Å². The number of carbonyl (C=O) groups is 1. The van der Waals surface area contributed by atoms with Gasteiger partial charge in [-0.1, -0.05) is 0 Å². The number of amides is 1. The molecule has 130 valence electrons. The first-order valence-electron chi connectivity index (χ1n) is 7.37. The number of anilines is 1. The van der Waals surface area contributed by atoms with Crippen molar-refractivity contribution in [3.8, 4) is 22.4 Å². The third-order valence-electron chi connectivity index (χ3n) is 3.52. The summed E-state index contributed by atoms with van der Waals surface area (Å²) in [6, 6.07) is 8.97. The van der Waals surface area contributed by atoms with Gasteiger partial charge in [0, 0.05) is 18.0 Å². The van der Waals surface area contributed by atoms with E-state index in [1.54, 1.807) is 43.6 Å². The van der Waals surface area contributed by atoms with Crippen molar-refractivity contribution in [2.24, 2.45) is 5.73 Å². The summed E-state index contributed by atoms with van der Waals surface area (Å²) in [5.41, 5.74) is 8.53. The summed E-state index contributed by atoms with van der Waals surface area (Å²) in [5, 5.41) is 9.80. The van der Waals surface area contributed by atoms with E-state index in [2.05, 4.69) is 20.5 Å². The number of rotatable bonds is 4. The number of aromatic amines is 1. The zero-order valence-corrected chi connectivity index (χ0v) is 14.2. The number of nitrogens with two attached hydrogens (primary N) is 1. The number of nitrogens with zero attached hydrogens (tertiary/aromatic N) is 2. The van der Waals surface area contributed by atoms with Gasteiger partial charge in [0.2, 0.25) is 5.91 Å². The Balaban J connectivity index is 0.00000225. The maximum atomic E-state index is 13.2. The van der Waals surface area contributed by atoms with Crippen molar-refractivity contribution in [3.05, 3.63) is 54.6 Å². The van der Waals surface area contributed by atoms with Crippen LogP contribution in [-0.2, 0) is 4.79 Å². The first-order chi connectivity index (χ1) is 11.6. The molecule has 0 aliphatic heterocycles. The molecular weight excluding hydrogens is 345 g/mol. The number of halogens is 2. The summed E-state index contributed by atoms with van der Waals surface area (Å²) in [6.07, 6.45) is 3.29. The topological polar surface area (TPSA) is 96.7 Å². The standard InChI is InChI=1S/C17H16FN5O.ClH/c1-10(19)17(24)21-16-14(11-6-8-20-9-7-11)15(22-23-16)12-2-4-13(18)5-3-12;/h2-10H,19H2,1H3,(H2,21,22,23,24);1H. The van der Waals surface area contributed by atoms with Gasteiger partial charge in [0.05, 0.1) is 17.3 Å². The highest BCUT2D eigenvalue weighted by molar-refractivity contribution is 5.99. The highest BCUT2D eigenvalue weighted by Gasteiger charge is 2.19. The number of aromatic nitrogens is 3. The van der Waals surface area contributed by atoms with Crippen LogP contribution in [-0.4, -0.2) is 27.1 Å². The van der Waals surface area contributed by atoms with Gasteiger partial charge in [-0.2, -0.15) is 5.10 Å². The second-order valence-electron chi connectivity index (χ2n) is 5.34. The third kappa shape index (κ3) is 4.01. The molecule has 0 bridgehead atoms. The number of benzene rings is 1. The van der Waals surface area contributed by atoms with E-state index in [4.69, 9.17) is 5.73 Å². The fourth-order valence-electron chi connectivity index (χ4n) is 2.29. The van der Waals surface area contributed by atoms with Crippen molar-refractivity contribution in [2.75, 3.05) is 5.32 Å². The van der Waals surface area contributed by atoms with Gasteiger partial charge in [-0.25, -0.2) is 4.39 Å². The molecule has 6 nitrogen and oxygen atoms in total. The van der Waals surface area contributed by atoms with Crippen molar-refractivity contribution < 1.29 is 9.18 Å². The van der Waals surface area contributed by atoms with E-state index in [9.17, 15) is 9.18 Å². The Labute approximate surface area is 150 Å². The van der Waals surface area contributed by atoms with Crippen LogP contribution in [0.2, 0.25) is 0 Å². The summed E-state index contributed by atoms with van der Waals surface area (Å²) in [7, 11) is 0. The minimum absolute atomic E-state index is 0. The van der Waals surface area contributed by atoms with Crippen molar-refractivity contribution in [2.45, 2.75) is 13.0 Å². The molecule has 1 unspecified atom stereocenters. The Kier molecular flexibility index (Phi) is 5.84. The minimum Gasteiger partial charge on any atom is -0.320 e. The second kappa shape index (κ2) is 7.87. The molecule has 2 heterocycles. The van der Waals surface area contributed by atoms with E-state index >= 15 is 0 Å². The number of nitrogens with one attached hydrogen (secondary N) is 2. The van der Waals surface area contributed by atoms with Gasteiger partial charge >= 0.3 is 0 Å². The molecule has 8 heteroatoms. The molecular formula is C17H17ClFN5O. The fraction of sp³-hybridized carbons (Fsp3) is 0.118. The Morgan fingerprint density at radius 1 is 1.16 bits per heavy atom. The molecule has 0 radical (unpaired) electrons. The predicted molar refractivity (Wildman–Crippen MR) is 96.7 cm³/mol. The second-order valence-corrected chi connectivity index (χ2v) is 5.34. The van der Waals surface area contributed by atoms with E-state index in [0.29, 0.717) is 17.1 Å². The maximum Gasteiger partial charge on any atom is 0.242 e. The first-order valence-corrected chi connectivity index (χ1v) is 7.37. The molecule has 0 fully saturated rings. The zero-order chi connectivity index (χ0) is 17.1. The summed E-state index contributed by atoms with van der Waals surface area (Å²) in [4.78, 5) is 15.9. The molecule has 0 saturated carbocycles. The van der Waals surface area contributed by atoms with Crippen molar-refractivity contribution in [3.63, 3.8) is 0 Å². The van der Waals surface area contributed by atoms with Crippen LogP contribution in [0.25, 0.3) is 22.4 Å². The molecule has 1 aromatic carbocycles. The lowest BCUT2D eigenvalue weighted by Crippen LogP contribution is -2.32. The Morgan fingerprint density at radius 2 is 1.80 bits per heavy atom. The van der Waals surface area contributed by atoms with Gasteiger partial charge in [0.25, 0.3) is 0 Å². The van der Waals surface area contributed by atoms with E-state index in [0.717, 1.165) is 11.1 Å². The van der Waals surface area contributed by atoms with Crippen LogP contribution >= 0.6 is 12.4 Å². The normalized spacial score (nSPS) is 11.5.